The van der Waals surface area contributed by atoms with Crippen LogP contribution in [0.3, 0.4) is 0 Å². The third kappa shape index (κ3) is 3.66. The van der Waals surface area contributed by atoms with Crippen molar-refractivity contribution in [2.24, 2.45) is 0 Å². The lowest BCUT2D eigenvalue weighted by atomic mass is 10.1. The minimum atomic E-state index is -1.10. The lowest BCUT2D eigenvalue weighted by Crippen LogP contribution is -2.41. The van der Waals surface area contributed by atoms with Crippen molar-refractivity contribution in [2.75, 3.05) is 0 Å². The van der Waals surface area contributed by atoms with Crippen molar-refractivity contribution in [3.63, 3.8) is 0 Å². The highest BCUT2D eigenvalue weighted by Gasteiger charge is 2.21. The number of halogens is 2. The van der Waals surface area contributed by atoms with Gasteiger partial charge < -0.3 is 10.4 Å². The van der Waals surface area contributed by atoms with Gasteiger partial charge in [-0.25, -0.2) is 4.79 Å². The van der Waals surface area contributed by atoms with E-state index >= 15 is 0 Å². The van der Waals surface area contributed by atoms with Gasteiger partial charge in [0.05, 0.1) is 8.67 Å². The van der Waals surface area contributed by atoms with E-state index in [0.717, 1.165) is 0 Å². The Morgan fingerprint density at radius 3 is 2.56 bits per heavy atom. The molecule has 16 heavy (non-hydrogen) atoms. The van der Waals surface area contributed by atoms with Crippen LogP contribution in [0.2, 0.25) is 8.67 Å². The average Bonchev–Trinajstić information content (AvgIpc) is 2.43. The molecule has 0 spiro atoms. The van der Waals surface area contributed by atoms with E-state index in [9.17, 15) is 9.59 Å². The Balaban J connectivity index is 2.79. The summed E-state index contributed by atoms with van der Waals surface area (Å²) in [5.74, 6) is -1.50. The zero-order chi connectivity index (χ0) is 12.3. The van der Waals surface area contributed by atoms with Crippen molar-refractivity contribution >= 4 is 46.4 Å². The molecule has 2 N–H and O–H groups in total. The molecule has 7 heteroatoms. The number of nitrogens with one attached hydrogen (secondary N) is 1. The Morgan fingerprint density at radius 2 is 2.19 bits per heavy atom. The van der Waals surface area contributed by atoms with E-state index in [1.54, 1.807) is 6.07 Å². The first kappa shape index (κ1) is 13.3. The third-order valence-electron chi connectivity index (χ3n) is 1.83. The fourth-order valence-electron chi connectivity index (χ4n) is 1.18. The number of hydrogen-bond acceptors (Lipinski definition) is 3. The molecule has 1 aromatic heterocycles. The van der Waals surface area contributed by atoms with Crippen LogP contribution in [-0.2, 0) is 16.0 Å². The largest absolute Gasteiger partial charge is 0.480 e. The van der Waals surface area contributed by atoms with Gasteiger partial charge >= 0.3 is 5.97 Å². The van der Waals surface area contributed by atoms with Crippen molar-refractivity contribution in [1.29, 1.82) is 0 Å². The van der Waals surface area contributed by atoms with E-state index in [-0.39, 0.29) is 6.42 Å². The summed E-state index contributed by atoms with van der Waals surface area (Å²) in [5.41, 5.74) is 0.623. The molecule has 1 rings (SSSR count). The molecule has 0 radical (unpaired) electrons. The quantitative estimate of drug-likeness (QED) is 0.889. The van der Waals surface area contributed by atoms with E-state index in [0.29, 0.717) is 14.2 Å². The van der Waals surface area contributed by atoms with Crippen LogP contribution >= 0.6 is 34.5 Å². The van der Waals surface area contributed by atoms with Gasteiger partial charge in [0.25, 0.3) is 0 Å². The molecule has 0 aromatic carbocycles. The smallest absolute Gasteiger partial charge is 0.326 e. The fourth-order valence-corrected chi connectivity index (χ4v) is 2.69. The molecule has 1 atom stereocenters. The molecule has 88 valence electrons. The number of hydrogen-bond donors (Lipinski definition) is 2. The van der Waals surface area contributed by atoms with Crippen LogP contribution in [0.25, 0.3) is 0 Å². The average molecular weight is 282 g/mol. The van der Waals surface area contributed by atoms with Gasteiger partial charge in [0.2, 0.25) is 5.91 Å². The number of aliphatic carboxylic acids is 1. The predicted octanol–water partition coefficient (Wildman–Crippen LogP) is 2.19. The van der Waals surface area contributed by atoms with Crippen LogP contribution in [0.1, 0.15) is 12.5 Å². The first-order valence-electron chi connectivity index (χ1n) is 4.33. The Kier molecular flexibility index (Phi) is 4.58. The van der Waals surface area contributed by atoms with Gasteiger partial charge in [-0.05, 0) is 11.6 Å². The molecule has 0 aliphatic heterocycles. The Labute approximate surface area is 106 Å². The second-order valence-corrected chi connectivity index (χ2v) is 5.43. The normalized spacial score (nSPS) is 12.2. The molecule has 1 unspecified atom stereocenters. The topological polar surface area (TPSA) is 66.4 Å². The summed E-state index contributed by atoms with van der Waals surface area (Å²) in [7, 11) is 0. The minimum Gasteiger partial charge on any atom is -0.480 e. The fraction of sp³-hybridized carbons (Fsp3) is 0.333. The monoisotopic (exact) mass is 281 g/mol. The zero-order valence-corrected chi connectivity index (χ0v) is 10.6. The molecule has 0 fully saturated rings. The minimum absolute atomic E-state index is 0.122. The molecule has 0 bridgehead atoms. The third-order valence-corrected chi connectivity index (χ3v) is 3.40. The lowest BCUT2D eigenvalue weighted by Gasteiger charge is -2.12. The highest BCUT2D eigenvalue weighted by Crippen LogP contribution is 2.31. The highest BCUT2D eigenvalue weighted by atomic mass is 35.5. The van der Waals surface area contributed by atoms with E-state index < -0.39 is 17.9 Å². The molecule has 4 nitrogen and oxygen atoms in total. The van der Waals surface area contributed by atoms with Gasteiger partial charge in [-0.2, -0.15) is 0 Å². The van der Waals surface area contributed by atoms with E-state index in [2.05, 4.69) is 5.32 Å². The maximum Gasteiger partial charge on any atom is 0.326 e. The number of rotatable bonds is 4. The van der Waals surface area contributed by atoms with Crippen LogP contribution < -0.4 is 5.32 Å². The molecular weight excluding hydrogens is 273 g/mol. The standard InChI is InChI=1S/C9H9Cl2NO3S/c1-4(13)12-6(9(14)15)2-5-3-7(10)16-8(5)11/h3,6H,2H2,1H3,(H,12,13)(H,14,15). The lowest BCUT2D eigenvalue weighted by molar-refractivity contribution is -0.141. The van der Waals surface area contributed by atoms with E-state index in [1.807, 2.05) is 0 Å². The molecule has 1 amide bonds. The summed E-state index contributed by atoms with van der Waals surface area (Å²) < 4.78 is 0.938. The number of amides is 1. The Hall–Kier alpha value is -0.780. The SMILES string of the molecule is CC(=O)NC(Cc1cc(Cl)sc1Cl)C(=O)O. The number of carboxylic acid groups (broad SMARTS) is 1. The second-order valence-electron chi connectivity index (χ2n) is 3.14. The molecule has 0 aliphatic rings. The first-order chi connectivity index (χ1) is 7.40. The van der Waals surface area contributed by atoms with Crippen LogP contribution in [0.15, 0.2) is 6.07 Å². The Bertz CT molecular complexity index is 419. The van der Waals surface area contributed by atoms with Crippen molar-refractivity contribution in [3.8, 4) is 0 Å². The van der Waals surface area contributed by atoms with Gasteiger partial charge in [0.15, 0.2) is 0 Å². The summed E-state index contributed by atoms with van der Waals surface area (Å²) in [6, 6.07) is 0.618. The molecule has 0 saturated heterocycles. The molecular formula is C9H9Cl2NO3S. The van der Waals surface area contributed by atoms with Gasteiger partial charge in [0, 0.05) is 13.3 Å². The summed E-state index contributed by atoms with van der Waals surface area (Å²) in [6.45, 7) is 1.26. The summed E-state index contributed by atoms with van der Waals surface area (Å²) in [4.78, 5) is 21.7. The molecule has 0 saturated carbocycles. The van der Waals surface area contributed by atoms with Crippen LogP contribution in [0.4, 0.5) is 0 Å². The maximum absolute atomic E-state index is 10.9. The zero-order valence-electron chi connectivity index (χ0n) is 8.29. The van der Waals surface area contributed by atoms with Gasteiger partial charge in [0.1, 0.15) is 6.04 Å². The molecule has 1 aromatic rings. The van der Waals surface area contributed by atoms with Crippen molar-refractivity contribution in [2.45, 2.75) is 19.4 Å². The summed E-state index contributed by atoms with van der Waals surface area (Å²) in [6.07, 6.45) is 0.122. The van der Waals surface area contributed by atoms with E-state index in [1.165, 1.54) is 18.3 Å². The Morgan fingerprint density at radius 1 is 1.56 bits per heavy atom. The van der Waals surface area contributed by atoms with Gasteiger partial charge in [-0.1, -0.05) is 23.2 Å². The van der Waals surface area contributed by atoms with E-state index in [4.69, 9.17) is 28.3 Å². The van der Waals surface area contributed by atoms with Crippen molar-refractivity contribution < 1.29 is 14.7 Å². The number of carboxylic acids is 1. The van der Waals surface area contributed by atoms with Gasteiger partial charge in [-0.3, -0.25) is 4.79 Å². The summed E-state index contributed by atoms with van der Waals surface area (Å²) in [5, 5.41) is 11.2. The van der Waals surface area contributed by atoms with Crippen molar-refractivity contribution in [1.82, 2.24) is 5.32 Å². The number of carbonyl (C=O) groups excluding carboxylic acids is 1. The van der Waals surface area contributed by atoms with Crippen LogP contribution in [0, 0.1) is 0 Å². The highest BCUT2D eigenvalue weighted by molar-refractivity contribution is 7.20. The maximum atomic E-state index is 10.9. The van der Waals surface area contributed by atoms with Crippen LogP contribution in [-0.4, -0.2) is 23.0 Å². The molecule has 1 heterocycles. The number of carbonyl (C=O) groups is 2. The number of thiophene rings is 1. The first-order valence-corrected chi connectivity index (χ1v) is 5.91. The van der Waals surface area contributed by atoms with Crippen molar-refractivity contribution in [3.05, 3.63) is 20.3 Å². The van der Waals surface area contributed by atoms with Gasteiger partial charge in [-0.15, -0.1) is 11.3 Å². The predicted molar refractivity (Wildman–Crippen MR) is 63.3 cm³/mol. The molecule has 0 aliphatic carbocycles. The van der Waals surface area contributed by atoms with Crippen LogP contribution in [0.5, 0.6) is 0 Å². The summed E-state index contributed by atoms with van der Waals surface area (Å²) >= 11 is 12.8. The second kappa shape index (κ2) is 5.52.